The van der Waals surface area contributed by atoms with Crippen molar-refractivity contribution in [2.24, 2.45) is 15.5 Å². The standard InChI is InChI=1S/C53H63N7O11S/c1-2-20-62-22-24-64-28-30-68-39-45(40-69-31-29-65-26-27-67-33-35-71-55-36-43-38-59(61)51-14-8-5-10-47(43)51)70-34-32-66-25-23-63-21-19-58-37-42-9-3-4-11-48(42)53-52(49-12-6-7-13-50(49)58)56-57-60(53)44-15-17-46(18-16-44)72-41-54/h1,3-18,36,38,45,52-53,61H,19-35,37,39-40H2/b55-36+. The van der Waals surface area contributed by atoms with Gasteiger partial charge in [-0.1, -0.05) is 77.0 Å². The van der Waals surface area contributed by atoms with Crippen LogP contribution in [0.3, 0.4) is 0 Å². The number of terminal acetylenes is 1. The fourth-order valence-corrected chi connectivity index (χ4v) is 8.48. The normalized spacial score (nSPS) is 15.5. The van der Waals surface area contributed by atoms with Crippen LogP contribution in [-0.4, -0.2) is 148 Å². The number of benzene rings is 4. The molecule has 1 aromatic heterocycles. The lowest BCUT2D eigenvalue weighted by atomic mass is 9.87. The maximum Gasteiger partial charge on any atom is 0.140 e. The van der Waals surface area contributed by atoms with Crippen molar-refractivity contribution in [1.82, 2.24) is 4.73 Å². The second-order valence-corrected chi connectivity index (χ2v) is 17.1. The highest BCUT2D eigenvalue weighted by Gasteiger charge is 2.40. The van der Waals surface area contributed by atoms with Gasteiger partial charge in [-0.2, -0.15) is 15.1 Å². The molecule has 4 aromatic carbocycles. The summed E-state index contributed by atoms with van der Waals surface area (Å²) in [6.45, 7) is 8.16. The Bertz CT molecular complexity index is 2520. The van der Waals surface area contributed by atoms with Crippen molar-refractivity contribution in [1.29, 1.82) is 5.26 Å². The van der Waals surface area contributed by atoms with Gasteiger partial charge in [0.15, 0.2) is 0 Å². The number of aromatic nitrogens is 1. The van der Waals surface area contributed by atoms with Crippen molar-refractivity contribution in [3.05, 3.63) is 126 Å². The molecule has 72 heavy (non-hydrogen) atoms. The van der Waals surface area contributed by atoms with Crippen LogP contribution in [0, 0.1) is 23.0 Å². The summed E-state index contributed by atoms with van der Waals surface area (Å²) in [6.07, 6.45) is 8.03. The molecule has 1 N–H and O–H groups in total. The molecule has 0 spiro atoms. The van der Waals surface area contributed by atoms with Gasteiger partial charge in [-0.25, -0.2) is 5.01 Å². The van der Waals surface area contributed by atoms with Gasteiger partial charge >= 0.3 is 0 Å². The van der Waals surface area contributed by atoms with Gasteiger partial charge in [0, 0.05) is 40.2 Å². The number of para-hydroxylation sites is 2. The minimum absolute atomic E-state index is 0.124. The zero-order valence-electron chi connectivity index (χ0n) is 40.4. The second kappa shape index (κ2) is 30.7. The summed E-state index contributed by atoms with van der Waals surface area (Å²) in [5.74, 6) is 2.43. The van der Waals surface area contributed by atoms with Crippen LogP contribution < -0.4 is 9.91 Å². The number of thioether (sulfide) groups is 1. The molecule has 0 bridgehead atoms. The number of hydrogen-bond acceptors (Lipinski definition) is 18. The van der Waals surface area contributed by atoms with E-state index in [1.165, 1.54) is 11.1 Å². The van der Waals surface area contributed by atoms with Crippen LogP contribution >= 0.6 is 11.8 Å². The summed E-state index contributed by atoms with van der Waals surface area (Å²) >= 11 is 1.14. The first-order chi connectivity index (χ1) is 35.6. The van der Waals surface area contributed by atoms with E-state index in [1.807, 2.05) is 53.5 Å². The predicted octanol–water partition coefficient (Wildman–Crippen LogP) is 7.64. The SMILES string of the molecule is C#CCOCCOCCOCC(COCCOCCOCCO/N=C/c1cn(O)c2ccccc12)OCCOCCOCCN1Cc2ccccc2C2C(N=NN2c2ccc(SC#N)cc2)c2ccccc21. The van der Waals surface area contributed by atoms with Crippen LogP contribution in [0.2, 0.25) is 0 Å². The number of ether oxygens (including phenoxy) is 9. The van der Waals surface area contributed by atoms with Crippen LogP contribution in [0.5, 0.6) is 0 Å². The van der Waals surface area contributed by atoms with Crippen molar-refractivity contribution in [2.45, 2.75) is 29.6 Å². The van der Waals surface area contributed by atoms with Gasteiger partial charge < -0.3 is 57.6 Å². The van der Waals surface area contributed by atoms with Crippen LogP contribution in [0.4, 0.5) is 11.4 Å². The summed E-state index contributed by atoms with van der Waals surface area (Å²) in [6, 6.07) is 32.0. The summed E-state index contributed by atoms with van der Waals surface area (Å²) < 4.78 is 52.9. The molecular weight excluding hydrogens is 943 g/mol. The molecule has 3 unspecified atom stereocenters. The topological polar surface area (TPSA) is 185 Å². The average Bonchev–Trinajstić information content (AvgIpc) is 3.98. The molecule has 5 aromatic rings. The molecule has 19 heteroatoms. The Balaban J connectivity index is 0.774. The first-order valence-corrected chi connectivity index (χ1v) is 24.9. The molecule has 0 aliphatic carbocycles. The molecule has 2 aliphatic rings. The molecule has 2 aliphatic heterocycles. The minimum atomic E-state index is -0.326. The number of oxime groups is 1. The lowest BCUT2D eigenvalue weighted by Crippen LogP contribution is -2.33. The van der Waals surface area contributed by atoms with Crippen LogP contribution in [0.15, 0.2) is 124 Å². The van der Waals surface area contributed by atoms with Crippen molar-refractivity contribution >= 4 is 40.3 Å². The Morgan fingerprint density at radius 3 is 2.04 bits per heavy atom. The highest BCUT2D eigenvalue weighted by atomic mass is 32.2. The molecule has 3 atom stereocenters. The lowest BCUT2D eigenvalue weighted by molar-refractivity contribution is -0.0867. The van der Waals surface area contributed by atoms with E-state index < -0.39 is 0 Å². The number of hydrogen-bond donors (Lipinski definition) is 1. The first kappa shape index (κ1) is 53.7. The van der Waals surface area contributed by atoms with E-state index >= 15 is 0 Å². The van der Waals surface area contributed by atoms with Gasteiger partial charge in [0.1, 0.15) is 36.8 Å². The van der Waals surface area contributed by atoms with Gasteiger partial charge in [0.25, 0.3) is 0 Å². The van der Waals surface area contributed by atoms with Gasteiger partial charge in [-0.05, 0) is 59.3 Å². The third kappa shape index (κ3) is 16.5. The Labute approximate surface area is 425 Å². The zero-order chi connectivity index (χ0) is 49.8. The van der Waals surface area contributed by atoms with Crippen LogP contribution in [-0.2, 0) is 54.0 Å². The molecule has 7 rings (SSSR count). The van der Waals surface area contributed by atoms with Crippen molar-refractivity contribution in [3.8, 4) is 17.7 Å². The highest BCUT2D eigenvalue weighted by Crippen LogP contribution is 2.49. The summed E-state index contributed by atoms with van der Waals surface area (Å²) in [5.41, 5.74) is 6.95. The molecular formula is C53H63N7O11S. The fraction of sp³-hybridized carbons (Fsp3) is 0.434. The molecule has 3 heterocycles. The molecule has 0 amide bonds. The van der Waals surface area contributed by atoms with E-state index in [0.29, 0.717) is 124 Å². The summed E-state index contributed by atoms with van der Waals surface area (Å²) in [4.78, 5) is 8.54. The van der Waals surface area contributed by atoms with Crippen molar-refractivity contribution in [3.63, 3.8) is 0 Å². The molecule has 0 fully saturated rings. The molecule has 18 nitrogen and oxygen atoms in total. The van der Waals surface area contributed by atoms with E-state index in [-0.39, 0.29) is 31.4 Å². The van der Waals surface area contributed by atoms with Crippen LogP contribution in [0.1, 0.15) is 34.3 Å². The van der Waals surface area contributed by atoms with Gasteiger partial charge in [0.2, 0.25) is 0 Å². The zero-order valence-corrected chi connectivity index (χ0v) is 41.2. The maximum absolute atomic E-state index is 10.0. The Hall–Kier alpha value is -6.07. The number of nitriles is 1. The Morgan fingerprint density at radius 1 is 0.708 bits per heavy atom. The highest BCUT2D eigenvalue weighted by molar-refractivity contribution is 8.03. The molecule has 382 valence electrons. The van der Waals surface area contributed by atoms with E-state index in [1.54, 1.807) is 12.4 Å². The van der Waals surface area contributed by atoms with Gasteiger partial charge in [-0.3, -0.25) is 0 Å². The number of anilines is 2. The Kier molecular flexibility index (Phi) is 22.9. The van der Waals surface area contributed by atoms with Gasteiger partial charge in [0.05, 0.1) is 129 Å². The molecule has 0 radical (unpaired) electrons. The van der Waals surface area contributed by atoms with E-state index in [0.717, 1.165) is 49.3 Å². The largest absolute Gasteiger partial charge is 0.428 e. The monoisotopic (exact) mass is 1010 g/mol. The number of rotatable bonds is 34. The van der Waals surface area contributed by atoms with E-state index in [2.05, 4.69) is 69.9 Å². The minimum Gasteiger partial charge on any atom is -0.428 e. The first-order valence-electron chi connectivity index (χ1n) is 24.0. The molecule has 0 saturated heterocycles. The average molecular weight is 1010 g/mol. The predicted molar refractivity (Wildman–Crippen MR) is 272 cm³/mol. The van der Waals surface area contributed by atoms with E-state index in [4.69, 9.17) is 69.5 Å². The third-order valence-electron chi connectivity index (χ3n) is 11.5. The van der Waals surface area contributed by atoms with Crippen molar-refractivity contribution < 1.29 is 52.7 Å². The quantitative estimate of drug-likeness (QED) is 0.00806. The number of thiocyanates is 1. The summed E-state index contributed by atoms with van der Waals surface area (Å²) in [7, 11) is 0. The summed E-state index contributed by atoms with van der Waals surface area (Å²) in [5, 5.41) is 37.7. The van der Waals surface area contributed by atoms with E-state index in [9.17, 15) is 5.21 Å². The van der Waals surface area contributed by atoms with Gasteiger partial charge in [-0.15, -0.1) is 6.42 Å². The van der Waals surface area contributed by atoms with Crippen molar-refractivity contribution in [2.75, 3.05) is 135 Å². The molecule has 0 saturated carbocycles. The van der Waals surface area contributed by atoms with Crippen LogP contribution in [0.25, 0.3) is 10.9 Å². The fourth-order valence-electron chi connectivity index (χ4n) is 8.10. The number of fused-ring (bicyclic) bond motifs is 6. The second-order valence-electron chi connectivity index (χ2n) is 16.3. The smallest absolute Gasteiger partial charge is 0.140 e. The maximum atomic E-state index is 10.0. The lowest BCUT2D eigenvalue weighted by Gasteiger charge is -2.35. The Morgan fingerprint density at radius 2 is 1.32 bits per heavy atom. The number of nitrogens with zero attached hydrogens (tertiary/aromatic N) is 7. The third-order valence-corrected chi connectivity index (χ3v) is 12.1.